The highest BCUT2D eigenvalue weighted by Crippen LogP contribution is 2.11. The van der Waals surface area contributed by atoms with Crippen molar-refractivity contribution in [3.05, 3.63) is 0 Å². The number of nitrogens with zero attached hydrogens (tertiary/aromatic N) is 2. The summed E-state index contributed by atoms with van der Waals surface area (Å²) < 4.78 is 0. The van der Waals surface area contributed by atoms with Gasteiger partial charge in [-0.2, -0.15) is 0 Å². The van der Waals surface area contributed by atoms with E-state index in [1.807, 2.05) is 0 Å². The Labute approximate surface area is 88.5 Å². The van der Waals surface area contributed by atoms with Gasteiger partial charge in [-0.05, 0) is 27.4 Å². The molecule has 1 aliphatic rings. The first kappa shape index (κ1) is 12.0. The first-order valence-electron chi connectivity index (χ1n) is 5.76. The van der Waals surface area contributed by atoms with Crippen LogP contribution in [0.2, 0.25) is 0 Å². The summed E-state index contributed by atoms with van der Waals surface area (Å²) in [5.41, 5.74) is 0. The zero-order valence-corrected chi connectivity index (χ0v) is 10.1. The molecule has 14 heavy (non-hydrogen) atoms. The van der Waals surface area contributed by atoms with Crippen molar-refractivity contribution in [1.29, 1.82) is 0 Å². The molecule has 0 aromatic heterocycles. The molecule has 2 unspecified atom stereocenters. The minimum Gasteiger partial charge on any atom is -0.314 e. The molecule has 1 saturated heterocycles. The second-order valence-electron chi connectivity index (χ2n) is 4.62. The molecule has 1 N–H and O–H groups in total. The Hall–Kier alpha value is -0.120. The van der Waals surface area contributed by atoms with Gasteiger partial charge in [-0.25, -0.2) is 0 Å². The highest BCUT2D eigenvalue weighted by molar-refractivity contribution is 4.84. The van der Waals surface area contributed by atoms with Crippen molar-refractivity contribution in [2.45, 2.75) is 32.4 Å². The fourth-order valence-electron chi connectivity index (χ4n) is 2.18. The molecular weight excluding hydrogens is 174 g/mol. The molecule has 3 nitrogen and oxygen atoms in total. The van der Waals surface area contributed by atoms with Crippen LogP contribution in [0.25, 0.3) is 0 Å². The molecule has 2 atom stereocenters. The lowest BCUT2D eigenvalue weighted by molar-refractivity contribution is 0.0924. The van der Waals surface area contributed by atoms with Crippen LogP contribution >= 0.6 is 0 Å². The van der Waals surface area contributed by atoms with Crippen molar-refractivity contribution in [2.75, 3.05) is 40.3 Å². The fraction of sp³-hybridized carbons (Fsp3) is 1.00. The highest BCUT2D eigenvalue weighted by Gasteiger charge is 2.25. The summed E-state index contributed by atoms with van der Waals surface area (Å²) in [6.07, 6.45) is 1.25. The number of rotatable bonds is 4. The van der Waals surface area contributed by atoms with E-state index in [1.165, 1.54) is 13.0 Å². The van der Waals surface area contributed by atoms with Gasteiger partial charge in [0.25, 0.3) is 0 Å². The maximum absolute atomic E-state index is 3.48. The Morgan fingerprint density at radius 3 is 2.79 bits per heavy atom. The van der Waals surface area contributed by atoms with Gasteiger partial charge in [0.05, 0.1) is 0 Å². The van der Waals surface area contributed by atoms with Crippen molar-refractivity contribution < 1.29 is 0 Å². The molecular formula is C11H25N3. The maximum atomic E-state index is 3.48. The molecule has 1 heterocycles. The molecule has 1 fully saturated rings. The van der Waals surface area contributed by atoms with Gasteiger partial charge in [0.15, 0.2) is 0 Å². The highest BCUT2D eigenvalue weighted by atomic mass is 15.3. The quantitative estimate of drug-likeness (QED) is 0.716. The summed E-state index contributed by atoms with van der Waals surface area (Å²) in [7, 11) is 4.31. The lowest BCUT2D eigenvalue weighted by Crippen LogP contribution is -2.57. The zero-order valence-electron chi connectivity index (χ0n) is 10.1. The third kappa shape index (κ3) is 3.23. The van der Waals surface area contributed by atoms with Crippen LogP contribution in [-0.2, 0) is 0 Å². The van der Waals surface area contributed by atoms with Crippen molar-refractivity contribution in [3.63, 3.8) is 0 Å². The number of nitrogens with one attached hydrogen (secondary N) is 1. The molecule has 84 valence electrons. The summed E-state index contributed by atoms with van der Waals surface area (Å²) in [5, 5.41) is 3.48. The maximum Gasteiger partial charge on any atom is 0.0351 e. The predicted octanol–water partition coefficient (Wildman–Crippen LogP) is 0.620. The van der Waals surface area contributed by atoms with E-state index in [-0.39, 0.29) is 0 Å². The van der Waals surface area contributed by atoms with Crippen LogP contribution in [0, 0.1) is 0 Å². The van der Waals surface area contributed by atoms with Gasteiger partial charge < -0.3 is 10.2 Å². The first-order valence-corrected chi connectivity index (χ1v) is 5.76. The van der Waals surface area contributed by atoms with Gasteiger partial charge in [0, 0.05) is 38.3 Å². The number of hydrogen-bond donors (Lipinski definition) is 1. The summed E-state index contributed by atoms with van der Waals surface area (Å²) in [4.78, 5) is 4.93. The topological polar surface area (TPSA) is 18.5 Å². The van der Waals surface area contributed by atoms with E-state index in [0.29, 0.717) is 6.04 Å². The zero-order chi connectivity index (χ0) is 10.6. The second-order valence-corrected chi connectivity index (χ2v) is 4.62. The predicted molar refractivity (Wildman–Crippen MR) is 61.7 cm³/mol. The van der Waals surface area contributed by atoms with Crippen LogP contribution in [-0.4, -0.2) is 62.2 Å². The van der Waals surface area contributed by atoms with E-state index >= 15 is 0 Å². The van der Waals surface area contributed by atoms with Crippen molar-refractivity contribution in [1.82, 2.24) is 15.1 Å². The molecule has 0 spiro atoms. The van der Waals surface area contributed by atoms with Gasteiger partial charge in [-0.15, -0.1) is 0 Å². The molecule has 0 radical (unpaired) electrons. The number of piperazine rings is 1. The van der Waals surface area contributed by atoms with Crippen LogP contribution in [0.5, 0.6) is 0 Å². The average Bonchev–Trinajstić information content (AvgIpc) is 2.16. The third-order valence-corrected chi connectivity index (χ3v) is 3.13. The standard InChI is InChI=1S/C11H25N3/c1-5-10(2)14-7-6-12-8-11(14)9-13(3)4/h10-12H,5-9H2,1-4H3. The lowest BCUT2D eigenvalue weighted by atomic mass is 10.1. The largest absolute Gasteiger partial charge is 0.314 e. The minimum atomic E-state index is 0.689. The first-order chi connectivity index (χ1) is 6.65. The lowest BCUT2D eigenvalue weighted by Gasteiger charge is -2.41. The van der Waals surface area contributed by atoms with E-state index in [9.17, 15) is 0 Å². The van der Waals surface area contributed by atoms with Crippen molar-refractivity contribution in [3.8, 4) is 0 Å². The SMILES string of the molecule is CCC(C)N1CCNCC1CN(C)C. The van der Waals surface area contributed by atoms with E-state index in [1.54, 1.807) is 0 Å². The van der Waals surface area contributed by atoms with Crippen LogP contribution in [0.3, 0.4) is 0 Å². The van der Waals surface area contributed by atoms with E-state index in [0.717, 1.165) is 25.7 Å². The van der Waals surface area contributed by atoms with Crippen LogP contribution in [0.1, 0.15) is 20.3 Å². The normalized spacial score (nSPS) is 26.8. The van der Waals surface area contributed by atoms with Crippen LogP contribution in [0.4, 0.5) is 0 Å². The van der Waals surface area contributed by atoms with Gasteiger partial charge in [-0.3, -0.25) is 4.90 Å². The second kappa shape index (κ2) is 5.69. The smallest absolute Gasteiger partial charge is 0.0351 e. The molecule has 0 aromatic carbocycles. The molecule has 0 bridgehead atoms. The summed E-state index contributed by atoms with van der Waals surface area (Å²) in [6, 6.07) is 1.41. The summed E-state index contributed by atoms with van der Waals surface area (Å²) >= 11 is 0. The van der Waals surface area contributed by atoms with Gasteiger partial charge in [0.1, 0.15) is 0 Å². The van der Waals surface area contributed by atoms with Gasteiger partial charge in [-0.1, -0.05) is 6.92 Å². The molecule has 0 aliphatic carbocycles. The van der Waals surface area contributed by atoms with E-state index < -0.39 is 0 Å². The Bertz CT molecular complexity index is 159. The Balaban J connectivity index is 2.49. The summed E-state index contributed by atoms with van der Waals surface area (Å²) in [6.45, 7) is 9.27. The molecule has 0 saturated carbocycles. The monoisotopic (exact) mass is 199 g/mol. The van der Waals surface area contributed by atoms with E-state index in [4.69, 9.17) is 0 Å². The average molecular weight is 199 g/mol. The van der Waals surface area contributed by atoms with Gasteiger partial charge in [0.2, 0.25) is 0 Å². The Kier molecular flexibility index (Phi) is 4.85. The van der Waals surface area contributed by atoms with Crippen molar-refractivity contribution in [2.24, 2.45) is 0 Å². The van der Waals surface area contributed by atoms with E-state index in [2.05, 4.69) is 43.1 Å². The van der Waals surface area contributed by atoms with Gasteiger partial charge >= 0.3 is 0 Å². The Morgan fingerprint density at radius 1 is 1.50 bits per heavy atom. The van der Waals surface area contributed by atoms with Crippen LogP contribution in [0.15, 0.2) is 0 Å². The minimum absolute atomic E-state index is 0.689. The molecule has 1 rings (SSSR count). The van der Waals surface area contributed by atoms with Crippen molar-refractivity contribution >= 4 is 0 Å². The van der Waals surface area contributed by atoms with Crippen LogP contribution < -0.4 is 5.32 Å². The molecule has 0 aromatic rings. The Morgan fingerprint density at radius 2 is 2.21 bits per heavy atom. The fourth-order valence-corrected chi connectivity index (χ4v) is 2.18. The number of likely N-dealkylation sites (N-methyl/N-ethyl adjacent to an activating group) is 1. The molecule has 3 heteroatoms. The molecule has 1 aliphatic heterocycles. The number of hydrogen-bond acceptors (Lipinski definition) is 3. The summed E-state index contributed by atoms with van der Waals surface area (Å²) in [5.74, 6) is 0. The molecule has 0 amide bonds. The third-order valence-electron chi connectivity index (χ3n) is 3.13.